The molecule has 232 valence electrons. The monoisotopic (exact) mass is 584 g/mol. The molecule has 2 N–H and O–H groups in total. The Kier molecular flexibility index (Phi) is 9.31. The van der Waals surface area contributed by atoms with E-state index in [-0.39, 0.29) is 41.9 Å². The zero-order chi connectivity index (χ0) is 29.2. The predicted molar refractivity (Wildman–Crippen MR) is 158 cm³/mol. The van der Waals surface area contributed by atoms with Gasteiger partial charge in [0.05, 0.1) is 42.2 Å². The molecule has 2 aliphatic heterocycles. The number of imidazole rings is 1. The van der Waals surface area contributed by atoms with Gasteiger partial charge in [-0.05, 0) is 84.0 Å². The molecular weight excluding hydrogens is 535 g/mol. The lowest BCUT2D eigenvalue weighted by molar-refractivity contribution is -0.220. The first-order chi connectivity index (χ1) is 20.4. The maximum Gasteiger partial charge on any atom is 0.256 e. The molecule has 1 saturated heterocycles. The summed E-state index contributed by atoms with van der Waals surface area (Å²) in [7, 11) is 4.14. The van der Waals surface area contributed by atoms with Crippen molar-refractivity contribution in [2.75, 3.05) is 33.7 Å². The van der Waals surface area contributed by atoms with Gasteiger partial charge in [-0.15, -0.1) is 0 Å². The highest BCUT2D eigenvalue weighted by atomic mass is 19.1. The second kappa shape index (κ2) is 13.1. The van der Waals surface area contributed by atoms with Crippen LogP contribution in [0.25, 0.3) is 0 Å². The number of aromatic nitrogens is 2. The van der Waals surface area contributed by atoms with Crippen LogP contribution in [0.15, 0.2) is 30.5 Å². The minimum absolute atomic E-state index is 0.0123. The first-order valence-corrected chi connectivity index (χ1v) is 16.4. The van der Waals surface area contributed by atoms with Crippen molar-refractivity contribution in [1.29, 1.82) is 0 Å². The number of carbonyl (C=O) groups excluding carboxylic acids is 2. The van der Waals surface area contributed by atoms with Crippen molar-refractivity contribution in [3.63, 3.8) is 0 Å². The van der Waals surface area contributed by atoms with Crippen LogP contribution in [0.3, 0.4) is 0 Å². The van der Waals surface area contributed by atoms with E-state index in [2.05, 4.69) is 39.5 Å². The van der Waals surface area contributed by atoms with Crippen LogP contribution in [0.4, 0.5) is 4.39 Å². The molecule has 1 aromatic rings. The van der Waals surface area contributed by atoms with Gasteiger partial charge < -0.3 is 29.7 Å². The van der Waals surface area contributed by atoms with E-state index in [0.717, 1.165) is 58.2 Å². The lowest BCUT2D eigenvalue weighted by Crippen LogP contribution is -2.74. The van der Waals surface area contributed by atoms with Crippen molar-refractivity contribution in [1.82, 2.24) is 30.0 Å². The van der Waals surface area contributed by atoms with E-state index in [1.807, 2.05) is 17.0 Å². The van der Waals surface area contributed by atoms with Crippen molar-refractivity contribution in [3.8, 4) is 0 Å². The molecule has 1 aromatic heterocycles. The summed E-state index contributed by atoms with van der Waals surface area (Å²) in [5.74, 6) is -0.0220. The molecule has 0 bridgehead atoms. The van der Waals surface area contributed by atoms with Crippen molar-refractivity contribution >= 4 is 11.7 Å². The summed E-state index contributed by atoms with van der Waals surface area (Å²) < 4.78 is 25.0. The lowest BCUT2D eigenvalue weighted by atomic mass is 9.64. The van der Waals surface area contributed by atoms with E-state index in [0.29, 0.717) is 18.4 Å². The van der Waals surface area contributed by atoms with Gasteiger partial charge in [0, 0.05) is 37.6 Å². The number of hydrogen-bond acceptors (Lipinski definition) is 7. The fourth-order valence-corrected chi connectivity index (χ4v) is 8.56. The number of aryl methyl sites for hydroxylation is 1. The van der Waals surface area contributed by atoms with Crippen molar-refractivity contribution in [2.45, 2.75) is 107 Å². The highest BCUT2D eigenvalue weighted by molar-refractivity contribution is 6.20. The van der Waals surface area contributed by atoms with Gasteiger partial charge in [-0.25, -0.2) is 9.37 Å². The highest BCUT2D eigenvalue weighted by Gasteiger charge is 2.60. The highest BCUT2D eigenvalue weighted by Crippen LogP contribution is 2.50. The third kappa shape index (κ3) is 6.04. The van der Waals surface area contributed by atoms with Gasteiger partial charge in [-0.2, -0.15) is 0 Å². The normalized spacial score (nSPS) is 35.7. The topological polar surface area (TPSA) is 91.7 Å². The fraction of sp³-hybridized carbons (Fsp3) is 0.781. The van der Waals surface area contributed by atoms with Gasteiger partial charge in [0.2, 0.25) is 0 Å². The molecule has 1 amide bonds. The van der Waals surface area contributed by atoms with Crippen LogP contribution in [-0.2, 0) is 20.9 Å². The number of nitrogens with zero attached hydrogens (tertiary/aromatic N) is 4. The molecule has 9 nitrogen and oxygen atoms in total. The van der Waals surface area contributed by atoms with Crippen molar-refractivity contribution in [3.05, 3.63) is 30.5 Å². The Balaban J connectivity index is 1.22. The summed E-state index contributed by atoms with van der Waals surface area (Å²) >= 11 is 0. The molecule has 3 aliphatic carbocycles. The predicted octanol–water partition coefficient (Wildman–Crippen LogP) is 2.92. The van der Waals surface area contributed by atoms with Crippen LogP contribution in [0, 0.1) is 17.8 Å². The van der Waals surface area contributed by atoms with Crippen LogP contribution >= 0.6 is 0 Å². The summed E-state index contributed by atoms with van der Waals surface area (Å²) in [4.78, 5) is 35.8. The summed E-state index contributed by atoms with van der Waals surface area (Å²) in [6.07, 6.45) is 15.5. The maximum atomic E-state index is 16.0. The molecule has 3 heterocycles. The van der Waals surface area contributed by atoms with Gasteiger partial charge in [0.15, 0.2) is 5.78 Å². The van der Waals surface area contributed by atoms with E-state index in [4.69, 9.17) is 4.74 Å². The Labute approximate surface area is 249 Å². The molecule has 6 rings (SSSR count). The Hall–Kier alpha value is -2.30. The number of ketones is 1. The molecular formula is C32H49FN6O3. The number of Topliss-reactive ketones (excluding diaryl/α,β-unsaturated/α-hetero) is 1. The second-order valence-electron chi connectivity index (χ2n) is 13.5. The molecule has 42 heavy (non-hydrogen) atoms. The molecule has 3 saturated carbocycles. The number of fused-ring (bicyclic) bond motifs is 4. The Bertz CT molecular complexity index is 1110. The Morgan fingerprint density at radius 3 is 2.79 bits per heavy atom. The fourth-order valence-electron chi connectivity index (χ4n) is 8.56. The first kappa shape index (κ1) is 29.8. The first-order valence-electron chi connectivity index (χ1n) is 16.4. The quantitative estimate of drug-likeness (QED) is 0.305. The average Bonchev–Trinajstić information content (AvgIpc) is 3.51. The zero-order valence-corrected chi connectivity index (χ0v) is 25.3. The third-order valence-electron chi connectivity index (χ3n) is 10.6. The SMILES string of the molecule is CN(C)CCCCNC1C(F)CC2C(=O)C(C(=O)NCCCn3ccnc3)=CN3C4CCC5CCCCC5C4OC1C23. The van der Waals surface area contributed by atoms with Crippen molar-refractivity contribution in [2.24, 2.45) is 17.8 Å². The maximum absolute atomic E-state index is 16.0. The van der Waals surface area contributed by atoms with E-state index in [1.165, 1.54) is 19.3 Å². The minimum atomic E-state index is -1.20. The lowest BCUT2D eigenvalue weighted by Gasteiger charge is -2.61. The smallest absolute Gasteiger partial charge is 0.256 e. The van der Waals surface area contributed by atoms with Gasteiger partial charge in [-0.3, -0.25) is 9.59 Å². The number of alkyl halides is 1. The Morgan fingerprint density at radius 2 is 1.98 bits per heavy atom. The number of nitrogens with one attached hydrogen (secondary N) is 2. The van der Waals surface area contributed by atoms with Crippen molar-refractivity contribution < 1.29 is 18.7 Å². The molecule has 5 aliphatic rings. The van der Waals surface area contributed by atoms with Gasteiger partial charge in [-0.1, -0.05) is 19.3 Å². The molecule has 9 atom stereocenters. The molecule has 0 radical (unpaired) electrons. The molecule has 4 fully saturated rings. The average molecular weight is 585 g/mol. The number of amides is 1. The molecule has 0 aromatic carbocycles. The van der Waals surface area contributed by atoms with Gasteiger partial charge in [0.1, 0.15) is 6.17 Å². The summed E-state index contributed by atoms with van der Waals surface area (Å²) in [6, 6.07) is -0.553. The Morgan fingerprint density at radius 1 is 1.12 bits per heavy atom. The number of morpholine rings is 1. The standard InChI is InChI=1S/C32H49FN6O3/c1-37(2)15-6-5-12-35-27-25(33)18-23-28-31(27)42-30-22-9-4-3-8-21(22)10-11-26(30)39(28)19-24(29(23)40)32(41)36-13-7-16-38-17-14-34-20-38/h14,17,19-23,25-28,30-31,35H,3-13,15-16,18H2,1-2H3,(H,36,41). The third-order valence-corrected chi connectivity index (χ3v) is 10.6. The van der Waals surface area contributed by atoms with Crippen LogP contribution in [0.1, 0.15) is 64.2 Å². The van der Waals surface area contributed by atoms with Gasteiger partial charge >= 0.3 is 0 Å². The summed E-state index contributed by atoms with van der Waals surface area (Å²) in [5, 5.41) is 6.50. The van der Waals surface area contributed by atoms with E-state index >= 15 is 4.39 Å². The molecule has 10 heteroatoms. The van der Waals surface area contributed by atoms with Crippen LogP contribution in [-0.4, -0.2) is 101 Å². The minimum Gasteiger partial charge on any atom is -0.369 e. The molecule has 9 unspecified atom stereocenters. The van der Waals surface area contributed by atoms with E-state index in [1.54, 1.807) is 12.5 Å². The number of unbranched alkanes of at least 4 members (excludes halogenated alkanes) is 1. The zero-order valence-electron chi connectivity index (χ0n) is 25.3. The number of ether oxygens (including phenoxy) is 1. The summed E-state index contributed by atoms with van der Waals surface area (Å²) in [5.41, 5.74) is 0.186. The van der Waals surface area contributed by atoms with E-state index in [9.17, 15) is 9.59 Å². The van der Waals surface area contributed by atoms with E-state index < -0.39 is 24.2 Å². The number of hydrogen-bond donors (Lipinski definition) is 2. The number of carbonyl (C=O) groups is 2. The van der Waals surface area contributed by atoms with Crippen LogP contribution in [0.2, 0.25) is 0 Å². The number of rotatable bonds is 11. The summed E-state index contributed by atoms with van der Waals surface area (Å²) in [6.45, 7) is 2.93. The number of halogens is 1. The van der Waals surface area contributed by atoms with Gasteiger partial charge in [0.25, 0.3) is 5.91 Å². The molecule has 0 spiro atoms. The largest absolute Gasteiger partial charge is 0.369 e. The van der Waals surface area contributed by atoms with Crippen LogP contribution < -0.4 is 10.6 Å². The van der Waals surface area contributed by atoms with Crippen LogP contribution in [0.5, 0.6) is 0 Å². The second-order valence-corrected chi connectivity index (χ2v) is 13.5.